The standard InChI is InChI=1S/C13H17F6NO4/c1-10(2)5-7(23-8(21)12(14,15)16)6-11(3,4)20(10)24-9(22)13(17,18)19/h7H,5-6H2,1-4H3. The summed E-state index contributed by atoms with van der Waals surface area (Å²) in [6.07, 6.45) is -12.1. The number of hydrogen-bond acceptors (Lipinski definition) is 5. The van der Waals surface area contributed by atoms with Gasteiger partial charge in [-0.3, -0.25) is 0 Å². The fourth-order valence-corrected chi connectivity index (χ4v) is 2.85. The average molecular weight is 365 g/mol. The third-order valence-corrected chi connectivity index (χ3v) is 3.46. The SMILES string of the molecule is CC1(C)CC(OC(=O)C(F)(F)F)CC(C)(C)N1OC(=O)C(F)(F)F. The molecule has 1 fully saturated rings. The maximum Gasteiger partial charge on any atom is 0.492 e. The molecule has 0 saturated carbocycles. The number of ether oxygens (including phenoxy) is 1. The number of alkyl halides is 6. The predicted molar refractivity (Wildman–Crippen MR) is 67.3 cm³/mol. The lowest BCUT2D eigenvalue weighted by molar-refractivity contribution is -0.300. The van der Waals surface area contributed by atoms with Gasteiger partial charge >= 0.3 is 24.3 Å². The fraction of sp³-hybridized carbons (Fsp3) is 0.846. The van der Waals surface area contributed by atoms with Gasteiger partial charge < -0.3 is 9.57 Å². The molecule has 0 aliphatic carbocycles. The van der Waals surface area contributed by atoms with Crippen molar-refractivity contribution in [3.8, 4) is 0 Å². The van der Waals surface area contributed by atoms with Gasteiger partial charge in [-0.05, 0) is 27.7 Å². The molecule has 0 radical (unpaired) electrons. The van der Waals surface area contributed by atoms with Gasteiger partial charge in [0, 0.05) is 12.8 Å². The molecule has 24 heavy (non-hydrogen) atoms. The van der Waals surface area contributed by atoms with Crippen LogP contribution in [0.3, 0.4) is 0 Å². The number of esters is 1. The van der Waals surface area contributed by atoms with Gasteiger partial charge in [0.1, 0.15) is 6.10 Å². The molecule has 0 bridgehead atoms. The highest BCUT2D eigenvalue weighted by molar-refractivity contribution is 5.76. The number of hydroxylamine groups is 2. The minimum Gasteiger partial charge on any atom is -0.456 e. The largest absolute Gasteiger partial charge is 0.492 e. The Labute approximate surface area is 133 Å². The van der Waals surface area contributed by atoms with Crippen molar-refractivity contribution in [3.63, 3.8) is 0 Å². The van der Waals surface area contributed by atoms with E-state index in [1.54, 1.807) is 0 Å². The molecule has 140 valence electrons. The van der Waals surface area contributed by atoms with E-state index >= 15 is 0 Å². The van der Waals surface area contributed by atoms with Crippen LogP contribution in [0.5, 0.6) is 0 Å². The Morgan fingerprint density at radius 1 is 0.875 bits per heavy atom. The molecule has 5 nitrogen and oxygen atoms in total. The van der Waals surface area contributed by atoms with Crippen LogP contribution in [0.2, 0.25) is 0 Å². The molecule has 1 heterocycles. The highest BCUT2D eigenvalue weighted by Crippen LogP contribution is 2.41. The molecule has 1 saturated heterocycles. The van der Waals surface area contributed by atoms with E-state index in [1.807, 2.05) is 0 Å². The Bertz CT molecular complexity index is 494. The van der Waals surface area contributed by atoms with Crippen molar-refractivity contribution < 1.29 is 45.5 Å². The Balaban J connectivity index is 2.95. The molecule has 0 aromatic carbocycles. The first-order chi connectivity index (χ1) is 10.5. The predicted octanol–water partition coefficient (Wildman–Crippen LogP) is 3.13. The van der Waals surface area contributed by atoms with E-state index in [2.05, 4.69) is 9.57 Å². The summed E-state index contributed by atoms with van der Waals surface area (Å²) in [6.45, 7) is 5.47. The smallest absolute Gasteiger partial charge is 0.456 e. The van der Waals surface area contributed by atoms with Gasteiger partial charge in [0.25, 0.3) is 0 Å². The van der Waals surface area contributed by atoms with E-state index in [0.717, 1.165) is 5.06 Å². The second kappa shape index (κ2) is 6.08. The normalized spacial score (nSPS) is 22.1. The number of carbonyl (C=O) groups is 2. The minimum atomic E-state index is -5.22. The Morgan fingerprint density at radius 3 is 1.58 bits per heavy atom. The van der Waals surface area contributed by atoms with Crippen LogP contribution >= 0.6 is 0 Å². The van der Waals surface area contributed by atoms with Crippen LogP contribution in [0.25, 0.3) is 0 Å². The third kappa shape index (κ3) is 4.74. The molecule has 0 N–H and O–H groups in total. The first kappa shape index (κ1) is 20.5. The number of nitrogens with zero attached hydrogens (tertiary/aromatic N) is 1. The zero-order chi connectivity index (χ0) is 19.1. The summed E-state index contributed by atoms with van der Waals surface area (Å²) in [5, 5.41) is 0.785. The molecule has 0 amide bonds. The quantitative estimate of drug-likeness (QED) is 0.556. The molecular weight excluding hydrogens is 348 g/mol. The van der Waals surface area contributed by atoms with Crippen molar-refractivity contribution in [2.45, 2.75) is 70.1 Å². The molecule has 11 heteroatoms. The second-order valence-corrected chi connectivity index (χ2v) is 6.73. The average Bonchev–Trinajstić information content (AvgIpc) is 2.29. The monoisotopic (exact) mass is 365 g/mol. The van der Waals surface area contributed by atoms with Crippen LogP contribution in [0.15, 0.2) is 0 Å². The van der Waals surface area contributed by atoms with Crippen LogP contribution in [0, 0.1) is 0 Å². The van der Waals surface area contributed by atoms with Crippen molar-refractivity contribution in [1.29, 1.82) is 0 Å². The zero-order valence-corrected chi connectivity index (χ0v) is 13.3. The van der Waals surface area contributed by atoms with E-state index < -0.39 is 41.5 Å². The van der Waals surface area contributed by atoms with Crippen molar-refractivity contribution in [1.82, 2.24) is 5.06 Å². The summed E-state index contributed by atoms with van der Waals surface area (Å²) in [6, 6.07) is 0. The van der Waals surface area contributed by atoms with Crippen LogP contribution < -0.4 is 0 Å². The second-order valence-electron chi connectivity index (χ2n) is 6.73. The van der Waals surface area contributed by atoms with E-state index in [-0.39, 0.29) is 12.8 Å². The Kier molecular flexibility index (Phi) is 5.20. The number of hydrogen-bond donors (Lipinski definition) is 0. The van der Waals surface area contributed by atoms with Gasteiger partial charge in [-0.2, -0.15) is 26.3 Å². The molecular formula is C13H17F6NO4. The Hall–Kier alpha value is -1.52. The highest BCUT2D eigenvalue weighted by Gasteiger charge is 2.53. The molecule has 0 unspecified atom stereocenters. The van der Waals surface area contributed by atoms with Gasteiger partial charge in [-0.15, -0.1) is 5.06 Å². The van der Waals surface area contributed by atoms with E-state index in [1.165, 1.54) is 27.7 Å². The summed E-state index contributed by atoms with van der Waals surface area (Å²) >= 11 is 0. The fourth-order valence-electron chi connectivity index (χ4n) is 2.85. The summed E-state index contributed by atoms with van der Waals surface area (Å²) in [4.78, 5) is 26.4. The van der Waals surface area contributed by atoms with Crippen LogP contribution in [-0.4, -0.2) is 46.5 Å². The zero-order valence-electron chi connectivity index (χ0n) is 13.3. The molecule has 1 aliphatic rings. The Morgan fingerprint density at radius 2 is 1.25 bits per heavy atom. The van der Waals surface area contributed by atoms with Crippen molar-refractivity contribution in [3.05, 3.63) is 0 Å². The number of rotatable bonds is 2. The van der Waals surface area contributed by atoms with E-state index in [0.29, 0.717) is 0 Å². The lowest BCUT2D eigenvalue weighted by Gasteiger charge is -2.52. The number of piperidine rings is 1. The summed E-state index contributed by atoms with van der Waals surface area (Å²) < 4.78 is 78.4. The van der Waals surface area contributed by atoms with Gasteiger partial charge in [-0.25, -0.2) is 9.59 Å². The topological polar surface area (TPSA) is 55.8 Å². The van der Waals surface area contributed by atoms with Gasteiger partial charge in [-0.1, -0.05) is 0 Å². The maximum atomic E-state index is 12.4. The molecule has 1 rings (SSSR count). The lowest BCUT2D eigenvalue weighted by atomic mass is 9.80. The molecule has 0 spiro atoms. The van der Waals surface area contributed by atoms with Crippen molar-refractivity contribution >= 4 is 11.9 Å². The molecule has 0 aromatic rings. The van der Waals surface area contributed by atoms with Crippen molar-refractivity contribution in [2.24, 2.45) is 0 Å². The van der Waals surface area contributed by atoms with E-state index in [9.17, 15) is 35.9 Å². The molecule has 0 aromatic heterocycles. The first-order valence-corrected chi connectivity index (χ1v) is 6.84. The summed E-state index contributed by atoms with van der Waals surface area (Å²) in [5.74, 6) is -4.81. The lowest BCUT2D eigenvalue weighted by Crippen LogP contribution is -2.63. The molecule has 1 aliphatic heterocycles. The van der Waals surface area contributed by atoms with Gasteiger partial charge in [0.2, 0.25) is 0 Å². The van der Waals surface area contributed by atoms with E-state index in [4.69, 9.17) is 0 Å². The van der Waals surface area contributed by atoms with Gasteiger partial charge in [0.05, 0.1) is 11.1 Å². The third-order valence-electron chi connectivity index (χ3n) is 3.46. The van der Waals surface area contributed by atoms with Crippen LogP contribution in [0.1, 0.15) is 40.5 Å². The minimum absolute atomic E-state index is 0.247. The summed E-state index contributed by atoms with van der Waals surface area (Å²) in [5.41, 5.74) is -2.58. The van der Waals surface area contributed by atoms with Crippen molar-refractivity contribution in [2.75, 3.05) is 0 Å². The van der Waals surface area contributed by atoms with Crippen LogP contribution in [-0.2, 0) is 19.2 Å². The first-order valence-electron chi connectivity index (χ1n) is 6.84. The van der Waals surface area contributed by atoms with Gasteiger partial charge in [0.15, 0.2) is 0 Å². The number of carbonyl (C=O) groups excluding carboxylic acids is 2. The maximum absolute atomic E-state index is 12.4. The van der Waals surface area contributed by atoms with Crippen LogP contribution in [0.4, 0.5) is 26.3 Å². The molecule has 0 atom stereocenters. The summed E-state index contributed by atoms with van der Waals surface area (Å²) in [7, 11) is 0. The number of halogens is 6. The highest BCUT2D eigenvalue weighted by atomic mass is 19.4.